The maximum absolute atomic E-state index is 12.2. The summed E-state index contributed by atoms with van der Waals surface area (Å²) < 4.78 is 10.0. The number of carbonyl (C=O) groups is 1. The predicted molar refractivity (Wildman–Crippen MR) is 76.2 cm³/mol. The molecule has 0 saturated carbocycles. The summed E-state index contributed by atoms with van der Waals surface area (Å²) in [6.07, 6.45) is 3.97. The smallest absolute Gasteiger partial charge is 0.320 e. The third-order valence-corrected chi connectivity index (χ3v) is 2.92. The van der Waals surface area contributed by atoms with Gasteiger partial charge in [0, 0.05) is 12.1 Å². The molecule has 0 radical (unpaired) electrons. The first-order chi connectivity index (χ1) is 9.64. The van der Waals surface area contributed by atoms with E-state index < -0.39 is 0 Å². The van der Waals surface area contributed by atoms with Crippen LogP contribution in [-0.4, -0.2) is 36.1 Å². The highest BCUT2D eigenvalue weighted by atomic mass is 16.5. The molecule has 6 nitrogen and oxygen atoms in total. The Hall–Kier alpha value is -1.85. The summed E-state index contributed by atoms with van der Waals surface area (Å²) in [7, 11) is 2.94. The van der Waals surface area contributed by atoms with E-state index in [2.05, 4.69) is 29.1 Å². The van der Waals surface area contributed by atoms with Crippen LogP contribution in [0.1, 0.15) is 50.0 Å². The lowest BCUT2D eigenvalue weighted by Crippen LogP contribution is -2.35. The number of nitrogens with one attached hydrogen (secondary N) is 1. The average molecular weight is 281 g/mol. The second-order valence-electron chi connectivity index (χ2n) is 4.53. The van der Waals surface area contributed by atoms with E-state index in [1.54, 1.807) is 0 Å². The molecule has 6 heteroatoms. The Morgan fingerprint density at radius 3 is 2.35 bits per heavy atom. The summed E-state index contributed by atoms with van der Waals surface area (Å²) in [4.78, 5) is 20.2. The highest BCUT2D eigenvalue weighted by Gasteiger charge is 2.16. The molecular formula is C14H23N3O3. The molecule has 1 amide bonds. The molecule has 0 bridgehead atoms. The summed E-state index contributed by atoms with van der Waals surface area (Å²) in [6.45, 7) is 4.21. The van der Waals surface area contributed by atoms with Crippen LogP contribution in [0.2, 0.25) is 0 Å². The molecule has 1 aromatic rings. The molecule has 20 heavy (non-hydrogen) atoms. The van der Waals surface area contributed by atoms with Crippen LogP contribution in [0.4, 0.5) is 0 Å². The number of ether oxygens (including phenoxy) is 2. The second-order valence-corrected chi connectivity index (χ2v) is 4.53. The predicted octanol–water partition coefficient (Wildman–Crippen LogP) is 2.19. The third kappa shape index (κ3) is 4.68. The monoisotopic (exact) mass is 281 g/mol. The molecule has 0 spiro atoms. The van der Waals surface area contributed by atoms with Gasteiger partial charge < -0.3 is 14.8 Å². The Morgan fingerprint density at radius 2 is 1.85 bits per heavy atom. The van der Waals surface area contributed by atoms with Crippen LogP contribution in [0.3, 0.4) is 0 Å². The first-order valence-electron chi connectivity index (χ1n) is 6.92. The molecule has 0 fully saturated rings. The van der Waals surface area contributed by atoms with Gasteiger partial charge in [-0.1, -0.05) is 26.7 Å². The number of carbonyl (C=O) groups excluding carboxylic acids is 1. The number of hydrogen-bond donors (Lipinski definition) is 1. The van der Waals surface area contributed by atoms with Crippen LogP contribution < -0.4 is 14.8 Å². The molecule has 0 aromatic carbocycles. The zero-order valence-corrected chi connectivity index (χ0v) is 12.6. The summed E-state index contributed by atoms with van der Waals surface area (Å²) in [5, 5.41) is 3.00. The van der Waals surface area contributed by atoms with Gasteiger partial charge in [0.2, 0.25) is 5.88 Å². The average Bonchev–Trinajstić information content (AvgIpc) is 2.47. The van der Waals surface area contributed by atoms with Gasteiger partial charge in [0.05, 0.1) is 14.2 Å². The van der Waals surface area contributed by atoms with Crippen molar-refractivity contribution in [2.75, 3.05) is 14.2 Å². The maximum atomic E-state index is 12.2. The Labute approximate surface area is 119 Å². The fourth-order valence-corrected chi connectivity index (χ4v) is 1.96. The summed E-state index contributed by atoms with van der Waals surface area (Å²) in [5.41, 5.74) is 0.255. The quantitative estimate of drug-likeness (QED) is 0.790. The highest BCUT2D eigenvalue weighted by molar-refractivity contribution is 5.92. The number of methoxy groups -OCH3 is 2. The maximum Gasteiger partial charge on any atom is 0.320 e. The van der Waals surface area contributed by atoms with Crippen molar-refractivity contribution in [2.24, 2.45) is 0 Å². The number of aromatic nitrogens is 2. The van der Waals surface area contributed by atoms with Gasteiger partial charge in [-0.3, -0.25) is 4.79 Å². The van der Waals surface area contributed by atoms with Gasteiger partial charge in [-0.15, -0.1) is 0 Å². The van der Waals surface area contributed by atoms with Gasteiger partial charge in [0.25, 0.3) is 5.91 Å². The normalized spacial score (nSPS) is 10.4. The second kappa shape index (κ2) is 8.35. The molecular weight excluding hydrogens is 258 g/mol. The van der Waals surface area contributed by atoms with Gasteiger partial charge in [-0.2, -0.15) is 9.97 Å². The van der Waals surface area contributed by atoms with Crippen LogP contribution in [0.5, 0.6) is 11.9 Å². The van der Waals surface area contributed by atoms with E-state index in [1.807, 2.05) is 0 Å². The van der Waals surface area contributed by atoms with E-state index in [0.717, 1.165) is 25.7 Å². The Balaban J connectivity index is 2.84. The van der Waals surface area contributed by atoms with Crippen molar-refractivity contribution in [1.82, 2.24) is 15.3 Å². The first-order valence-corrected chi connectivity index (χ1v) is 6.92. The highest BCUT2D eigenvalue weighted by Crippen LogP contribution is 2.14. The van der Waals surface area contributed by atoms with Gasteiger partial charge >= 0.3 is 6.01 Å². The standard InChI is InChI=1S/C14H23N3O3/c1-5-7-10(8-6-2)15-13(18)11-9-12(19-3)17-14(16-11)20-4/h9-10H,5-8H2,1-4H3,(H,15,18). The van der Waals surface area contributed by atoms with Gasteiger partial charge in [-0.25, -0.2) is 0 Å². The van der Waals surface area contributed by atoms with E-state index >= 15 is 0 Å². The number of amides is 1. The van der Waals surface area contributed by atoms with Crippen molar-refractivity contribution in [3.63, 3.8) is 0 Å². The molecule has 0 aliphatic rings. The molecule has 112 valence electrons. The molecule has 1 aromatic heterocycles. The molecule has 0 aliphatic heterocycles. The van der Waals surface area contributed by atoms with E-state index in [-0.39, 0.29) is 23.7 Å². The minimum Gasteiger partial charge on any atom is -0.481 e. The van der Waals surface area contributed by atoms with Gasteiger partial charge in [-0.05, 0) is 12.8 Å². The van der Waals surface area contributed by atoms with Crippen molar-refractivity contribution >= 4 is 5.91 Å². The molecule has 0 aliphatic carbocycles. The van der Waals surface area contributed by atoms with Crippen LogP contribution >= 0.6 is 0 Å². The topological polar surface area (TPSA) is 73.3 Å². The molecule has 1 N–H and O–H groups in total. The minimum absolute atomic E-state index is 0.122. The molecule has 0 saturated heterocycles. The molecule has 0 atom stereocenters. The van der Waals surface area contributed by atoms with Gasteiger partial charge in [0.1, 0.15) is 5.69 Å². The van der Waals surface area contributed by atoms with Crippen LogP contribution in [0, 0.1) is 0 Å². The fraction of sp³-hybridized carbons (Fsp3) is 0.643. The summed E-state index contributed by atoms with van der Waals surface area (Å²) in [5.74, 6) is 0.0837. The zero-order chi connectivity index (χ0) is 15.0. The van der Waals surface area contributed by atoms with E-state index in [1.165, 1.54) is 20.3 Å². The molecule has 0 unspecified atom stereocenters. The fourth-order valence-electron chi connectivity index (χ4n) is 1.96. The van der Waals surface area contributed by atoms with Crippen LogP contribution in [0.25, 0.3) is 0 Å². The van der Waals surface area contributed by atoms with E-state index in [0.29, 0.717) is 5.88 Å². The lowest BCUT2D eigenvalue weighted by Gasteiger charge is -2.17. The largest absolute Gasteiger partial charge is 0.481 e. The Morgan fingerprint density at radius 1 is 1.20 bits per heavy atom. The zero-order valence-electron chi connectivity index (χ0n) is 12.6. The Bertz CT molecular complexity index is 409. The van der Waals surface area contributed by atoms with E-state index in [4.69, 9.17) is 9.47 Å². The van der Waals surface area contributed by atoms with Crippen molar-refractivity contribution in [2.45, 2.75) is 45.6 Å². The number of rotatable bonds is 8. The Kier molecular flexibility index (Phi) is 6.76. The number of nitrogens with zero attached hydrogens (tertiary/aromatic N) is 2. The van der Waals surface area contributed by atoms with E-state index in [9.17, 15) is 4.79 Å². The van der Waals surface area contributed by atoms with Gasteiger partial charge in [0.15, 0.2) is 0 Å². The summed E-state index contributed by atoms with van der Waals surface area (Å²) in [6, 6.07) is 1.80. The minimum atomic E-state index is -0.226. The molecule has 1 heterocycles. The summed E-state index contributed by atoms with van der Waals surface area (Å²) >= 11 is 0. The van der Waals surface area contributed by atoms with Crippen LogP contribution in [-0.2, 0) is 0 Å². The lowest BCUT2D eigenvalue weighted by molar-refractivity contribution is 0.0925. The third-order valence-electron chi connectivity index (χ3n) is 2.92. The van der Waals surface area contributed by atoms with Crippen molar-refractivity contribution in [1.29, 1.82) is 0 Å². The lowest BCUT2D eigenvalue weighted by atomic mass is 10.1. The molecule has 1 rings (SSSR count). The van der Waals surface area contributed by atoms with Crippen molar-refractivity contribution < 1.29 is 14.3 Å². The van der Waals surface area contributed by atoms with Crippen molar-refractivity contribution in [3.05, 3.63) is 11.8 Å². The SMILES string of the molecule is CCCC(CCC)NC(=O)c1cc(OC)nc(OC)n1. The van der Waals surface area contributed by atoms with Crippen LogP contribution in [0.15, 0.2) is 6.07 Å². The number of hydrogen-bond acceptors (Lipinski definition) is 5. The van der Waals surface area contributed by atoms with Crippen molar-refractivity contribution in [3.8, 4) is 11.9 Å². The first kappa shape index (κ1) is 16.2.